The molecule has 49 heavy (non-hydrogen) atoms. The van der Waals surface area contributed by atoms with Crippen molar-refractivity contribution >= 4 is 11.9 Å². The topological polar surface area (TPSA) is 76.1 Å². The molecule has 0 saturated heterocycles. The number of carbonyl (C=O) groups excluding carboxylic acids is 2. The van der Waals surface area contributed by atoms with Gasteiger partial charge in [0.05, 0.1) is 6.61 Å². The van der Waals surface area contributed by atoms with E-state index in [1.54, 1.807) is 0 Å². The van der Waals surface area contributed by atoms with Gasteiger partial charge in [0.25, 0.3) is 0 Å². The Labute approximate surface area is 304 Å². The zero-order valence-electron chi connectivity index (χ0n) is 33.0. The van der Waals surface area contributed by atoms with Crippen LogP contribution in [0.3, 0.4) is 0 Å². The predicted molar refractivity (Wildman–Crippen MR) is 207 cm³/mol. The van der Waals surface area contributed by atoms with Crippen molar-refractivity contribution in [1.29, 1.82) is 0 Å². The Hall–Kier alpha value is -1.14. The van der Waals surface area contributed by atoms with Crippen LogP contribution in [0.5, 0.6) is 0 Å². The average Bonchev–Trinajstić information content (AvgIpc) is 3.83. The van der Waals surface area contributed by atoms with Crippen molar-refractivity contribution in [2.24, 2.45) is 5.92 Å². The van der Waals surface area contributed by atoms with Crippen molar-refractivity contribution < 1.29 is 24.2 Å². The number of ether oxygens (including phenoxy) is 2. The number of aliphatic hydroxyl groups is 1. The molecule has 290 valence electrons. The van der Waals surface area contributed by atoms with Gasteiger partial charge >= 0.3 is 11.9 Å². The van der Waals surface area contributed by atoms with Crippen LogP contribution in [0.2, 0.25) is 0 Å². The summed E-state index contributed by atoms with van der Waals surface area (Å²) in [5.41, 5.74) is 0. The molecule has 1 N–H and O–H groups in total. The fraction of sp³-hybridized carbons (Fsp3) is 0.953. The van der Waals surface area contributed by atoms with E-state index in [-0.39, 0.29) is 30.8 Å². The molecule has 0 aromatic heterocycles. The highest BCUT2D eigenvalue weighted by atomic mass is 16.6. The second kappa shape index (κ2) is 34.0. The summed E-state index contributed by atoms with van der Waals surface area (Å²) >= 11 is 0. The number of carbonyl (C=O) groups is 2. The second-order valence-corrected chi connectivity index (χ2v) is 15.3. The fourth-order valence-electron chi connectivity index (χ4n) is 7.11. The van der Waals surface area contributed by atoms with Gasteiger partial charge in [0.2, 0.25) is 0 Å². The van der Waals surface area contributed by atoms with E-state index in [1.807, 2.05) is 0 Å². The summed E-state index contributed by atoms with van der Waals surface area (Å²) in [5, 5.41) is 9.56. The van der Waals surface area contributed by atoms with Crippen LogP contribution in [0.1, 0.15) is 220 Å². The molecule has 0 aromatic carbocycles. The van der Waals surface area contributed by atoms with Gasteiger partial charge in [-0.25, -0.2) is 0 Å². The molecular weight excluding hydrogens is 610 g/mol. The normalized spacial score (nSPS) is 15.7. The van der Waals surface area contributed by atoms with Gasteiger partial charge < -0.3 is 19.5 Å². The lowest BCUT2D eigenvalue weighted by Crippen LogP contribution is -2.29. The van der Waals surface area contributed by atoms with Crippen molar-refractivity contribution in [1.82, 2.24) is 4.90 Å². The SMILES string of the molecule is CCCCCCCCC(CCCCCCCC)OC(=O)CCCCCN(CCO)CCCCCCCC(=O)OC1CC1CCCCCCC. The molecule has 0 bridgehead atoms. The van der Waals surface area contributed by atoms with Crippen LogP contribution in [-0.2, 0) is 19.1 Å². The van der Waals surface area contributed by atoms with Crippen molar-refractivity contribution in [3.8, 4) is 0 Å². The van der Waals surface area contributed by atoms with E-state index in [9.17, 15) is 14.7 Å². The molecule has 2 atom stereocenters. The summed E-state index contributed by atoms with van der Waals surface area (Å²) < 4.78 is 11.7. The third-order valence-electron chi connectivity index (χ3n) is 10.5. The molecule has 6 heteroatoms. The third-order valence-corrected chi connectivity index (χ3v) is 10.5. The quantitative estimate of drug-likeness (QED) is 0.0512. The minimum Gasteiger partial charge on any atom is -0.462 e. The Balaban J connectivity index is 2.11. The van der Waals surface area contributed by atoms with Gasteiger partial charge in [-0.3, -0.25) is 9.59 Å². The molecule has 1 rings (SSSR count). The maximum atomic E-state index is 12.7. The first-order valence-corrected chi connectivity index (χ1v) is 21.8. The maximum Gasteiger partial charge on any atom is 0.306 e. The van der Waals surface area contributed by atoms with E-state index in [0.717, 1.165) is 83.7 Å². The molecular formula is C43H83NO5. The van der Waals surface area contributed by atoms with Crippen LogP contribution < -0.4 is 0 Å². The van der Waals surface area contributed by atoms with Crippen LogP contribution >= 0.6 is 0 Å². The second-order valence-electron chi connectivity index (χ2n) is 15.3. The summed E-state index contributed by atoms with van der Waals surface area (Å²) in [6.45, 7) is 9.65. The van der Waals surface area contributed by atoms with Gasteiger partial charge in [-0.05, 0) is 83.2 Å². The highest BCUT2D eigenvalue weighted by Gasteiger charge is 2.39. The van der Waals surface area contributed by atoms with Crippen molar-refractivity contribution in [2.75, 3.05) is 26.2 Å². The number of esters is 2. The van der Waals surface area contributed by atoms with Gasteiger partial charge in [-0.1, -0.05) is 143 Å². The van der Waals surface area contributed by atoms with Gasteiger partial charge in [0.1, 0.15) is 12.2 Å². The van der Waals surface area contributed by atoms with E-state index in [4.69, 9.17) is 9.47 Å². The average molecular weight is 694 g/mol. The fourth-order valence-corrected chi connectivity index (χ4v) is 7.11. The molecule has 0 radical (unpaired) electrons. The first-order chi connectivity index (χ1) is 24.0. The lowest BCUT2D eigenvalue weighted by molar-refractivity contribution is -0.150. The first kappa shape index (κ1) is 45.9. The molecule has 0 spiro atoms. The lowest BCUT2D eigenvalue weighted by atomic mass is 10.0. The Bertz CT molecular complexity index is 730. The van der Waals surface area contributed by atoms with Gasteiger partial charge in [-0.15, -0.1) is 0 Å². The molecule has 6 nitrogen and oxygen atoms in total. The van der Waals surface area contributed by atoms with E-state index >= 15 is 0 Å². The molecule has 0 heterocycles. The molecule has 1 saturated carbocycles. The Kier molecular flexibility index (Phi) is 31.8. The lowest BCUT2D eigenvalue weighted by Gasteiger charge is -2.21. The number of rotatable bonds is 38. The standard InChI is InChI=1S/C43H83NO5/c1-4-7-10-13-17-23-30-40(31-24-18-14-11-8-5-2)48-42(46)32-26-21-28-35-44(36-37-45)34-27-20-15-19-25-33-43(47)49-41-38-39(41)29-22-16-12-9-6-3/h39-41,45H,4-38H2,1-3H3. The number of hydrogen-bond acceptors (Lipinski definition) is 6. The van der Waals surface area contributed by atoms with Crippen molar-refractivity contribution in [2.45, 2.75) is 232 Å². The minimum absolute atomic E-state index is 0.00187. The highest BCUT2D eigenvalue weighted by Crippen LogP contribution is 2.38. The summed E-state index contributed by atoms with van der Waals surface area (Å²) in [6.07, 6.45) is 36.0. The zero-order valence-corrected chi connectivity index (χ0v) is 33.0. The number of nitrogens with zero attached hydrogens (tertiary/aromatic N) is 1. The number of unbranched alkanes of at least 4 members (excludes halogenated alkanes) is 20. The van der Waals surface area contributed by atoms with Crippen LogP contribution in [0.15, 0.2) is 0 Å². The van der Waals surface area contributed by atoms with Crippen molar-refractivity contribution in [3.63, 3.8) is 0 Å². The summed E-state index contributed by atoms with van der Waals surface area (Å²) in [5.74, 6) is 0.621. The van der Waals surface area contributed by atoms with Gasteiger partial charge in [0.15, 0.2) is 0 Å². The van der Waals surface area contributed by atoms with E-state index in [1.165, 1.54) is 116 Å². The van der Waals surface area contributed by atoms with Gasteiger partial charge in [-0.2, -0.15) is 0 Å². The molecule has 0 aliphatic heterocycles. The molecule has 2 unspecified atom stereocenters. The first-order valence-electron chi connectivity index (χ1n) is 21.8. The van der Waals surface area contributed by atoms with E-state index in [0.29, 0.717) is 25.3 Å². The summed E-state index contributed by atoms with van der Waals surface area (Å²) in [4.78, 5) is 27.3. The summed E-state index contributed by atoms with van der Waals surface area (Å²) in [7, 11) is 0. The monoisotopic (exact) mass is 694 g/mol. The number of hydrogen-bond donors (Lipinski definition) is 1. The Morgan fingerprint density at radius 2 is 1.02 bits per heavy atom. The zero-order chi connectivity index (χ0) is 35.6. The predicted octanol–water partition coefficient (Wildman–Crippen LogP) is 11.9. The Morgan fingerprint density at radius 1 is 0.571 bits per heavy atom. The molecule has 0 aromatic rings. The molecule has 0 amide bonds. The van der Waals surface area contributed by atoms with Crippen LogP contribution in [0, 0.1) is 5.92 Å². The van der Waals surface area contributed by atoms with Crippen molar-refractivity contribution in [3.05, 3.63) is 0 Å². The molecule has 1 aliphatic rings. The minimum atomic E-state index is -0.00709. The molecule has 1 aliphatic carbocycles. The van der Waals surface area contributed by atoms with Crippen LogP contribution in [0.4, 0.5) is 0 Å². The third kappa shape index (κ3) is 29.2. The van der Waals surface area contributed by atoms with Crippen LogP contribution in [0.25, 0.3) is 0 Å². The maximum absolute atomic E-state index is 12.7. The van der Waals surface area contributed by atoms with Gasteiger partial charge in [0, 0.05) is 19.4 Å². The smallest absolute Gasteiger partial charge is 0.306 e. The number of aliphatic hydroxyl groups excluding tert-OH is 1. The summed E-state index contributed by atoms with van der Waals surface area (Å²) in [6, 6.07) is 0. The molecule has 1 fully saturated rings. The highest BCUT2D eigenvalue weighted by molar-refractivity contribution is 5.70. The van der Waals surface area contributed by atoms with Crippen LogP contribution in [-0.4, -0.2) is 60.4 Å². The Morgan fingerprint density at radius 3 is 1.57 bits per heavy atom. The van der Waals surface area contributed by atoms with E-state index in [2.05, 4.69) is 25.7 Å². The van der Waals surface area contributed by atoms with E-state index < -0.39 is 0 Å². The largest absolute Gasteiger partial charge is 0.462 e.